The summed E-state index contributed by atoms with van der Waals surface area (Å²) in [6.07, 6.45) is -5.57. The standard InChI is InChI=1S/C10H10F4O2/c1-15-9(16-2)7-4-3-6(5-8(7)11)10(12,13)14/h3-5,9H,1-2H3. The zero-order chi connectivity index (χ0) is 12.3. The van der Waals surface area contributed by atoms with Gasteiger partial charge in [-0.3, -0.25) is 0 Å². The van der Waals surface area contributed by atoms with E-state index in [0.29, 0.717) is 6.07 Å². The average Bonchev–Trinajstić information content (AvgIpc) is 2.20. The van der Waals surface area contributed by atoms with Gasteiger partial charge in [-0.1, -0.05) is 6.07 Å². The Balaban J connectivity index is 3.09. The SMILES string of the molecule is COC(OC)c1ccc(C(F)(F)F)cc1F. The van der Waals surface area contributed by atoms with E-state index in [0.717, 1.165) is 12.1 Å². The second-order valence-corrected chi connectivity index (χ2v) is 3.04. The fraction of sp³-hybridized carbons (Fsp3) is 0.400. The lowest BCUT2D eigenvalue weighted by molar-refractivity contribution is -0.138. The van der Waals surface area contributed by atoms with E-state index < -0.39 is 23.8 Å². The monoisotopic (exact) mass is 238 g/mol. The van der Waals surface area contributed by atoms with Crippen molar-refractivity contribution in [3.05, 3.63) is 35.1 Å². The average molecular weight is 238 g/mol. The lowest BCUT2D eigenvalue weighted by Gasteiger charge is -2.15. The zero-order valence-corrected chi connectivity index (χ0v) is 8.64. The van der Waals surface area contributed by atoms with Gasteiger partial charge in [0, 0.05) is 19.8 Å². The van der Waals surface area contributed by atoms with Crippen LogP contribution in [0.25, 0.3) is 0 Å². The molecular weight excluding hydrogens is 228 g/mol. The molecular formula is C10H10F4O2. The summed E-state index contributed by atoms with van der Waals surface area (Å²) >= 11 is 0. The summed E-state index contributed by atoms with van der Waals surface area (Å²) in [6, 6.07) is 2.19. The van der Waals surface area contributed by atoms with Crippen LogP contribution >= 0.6 is 0 Å². The molecule has 0 heterocycles. The highest BCUT2D eigenvalue weighted by atomic mass is 19.4. The van der Waals surface area contributed by atoms with Gasteiger partial charge in [0.1, 0.15) is 5.82 Å². The Bertz CT molecular complexity index is 358. The summed E-state index contributed by atoms with van der Waals surface area (Å²) in [5.74, 6) is -1.01. The van der Waals surface area contributed by atoms with E-state index in [1.165, 1.54) is 14.2 Å². The maximum atomic E-state index is 13.3. The molecule has 6 heteroatoms. The van der Waals surface area contributed by atoms with Crippen molar-refractivity contribution in [2.45, 2.75) is 12.5 Å². The third kappa shape index (κ3) is 2.70. The maximum absolute atomic E-state index is 13.3. The first-order valence-electron chi connectivity index (χ1n) is 4.32. The van der Waals surface area contributed by atoms with Crippen LogP contribution in [0, 0.1) is 5.82 Å². The van der Waals surface area contributed by atoms with Crippen LogP contribution in [-0.4, -0.2) is 14.2 Å². The second-order valence-electron chi connectivity index (χ2n) is 3.04. The molecule has 1 aromatic carbocycles. The number of benzene rings is 1. The first kappa shape index (κ1) is 12.9. The van der Waals surface area contributed by atoms with Crippen LogP contribution in [0.3, 0.4) is 0 Å². The molecule has 0 N–H and O–H groups in total. The van der Waals surface area contributed by atoms with E-state index >= 15 is 0 Å². The Morgan fingerprint density at radius 3 is 2.06 bits per heavy atom. The molecule has 0 atom stereocenters. The van der Waals surface area contributed by atoms with Crippen LogP contribution in [-0.2, 0) is 15.7 Å². The molecule has 0 bridgehead atoms. The van der Waals surface area contributed by atoms with Crippen LogP contribution in [0.5, 0.6) is 0 Å². The van der Waals surface area contributed by atoms with Gasteiger partial charge >= 0.3 is 6.18 Å². The predicted octanol–water partition coefficient (Wildman–Crippen LogP) is 3.14. The third-order valence-corrected chi connectivity index (χ3v) is 2.01. The van der Waals surface area contributed by atoms with E-state index in [2.05, 4.69) is 0 Å². The van der Waals surface area contributed by atoms with Crippen molar-refractivity contribution in [1.82, 2.24) is 0 Å². The van der Waals surface area contributed by atoms with Crippen LogP contribution < -0.4 is 0 Å². The topological polar surface area (TPSA) is 18.5 Å². The van der Waals surface area contributed by atoms with E-state index in [9.17, 15) is 17.6 Å². The van der Waals surface area contributed by atoms with Gasteiger partial charge in [-0.15, -0.1) is 0 Å². The van der Waals surface area contributed by atoms with E-state index in [4.69, 9.17) is 9.47 Å². The Labute approximate surface area is 89.8 Å². The van der Waals surface area contributed by atoms with Gasteiger partial charge < -0.3 is 9.47 Å². The molecule has 0 fully saturated rings. The molecule has 0 saturated heterocycles. The second kappa shape index (κ2) is 4.80. The number of alkyl halides is 3. The van der Waals surface area contributed by atoms with Crippen LogP contribution in [0.15, 0.2) is 18.2 Å². The number of ether oxygens (including phenoxy) is 2. The van der Waals surface area contributed by atoms with Gasteiger partial charge in [-0.25, -0.2) is 4.39 Å². The van der Waals surface area contributed by atoms with Crippen molar-refractivity contribution in [2.75, 3.05) is 14.2 Å². The molecule has 1 aromatic rings. The molecule has 1 rings (SSSR count). The van der Waals surface area contributed by atoms with Crippen molar-refractivity contribution in [3.63, 3.8) is 0 Å². The van der Waals surface area contributed by atoms with Crippen LogP contribution in [0.1, 0.15) is 17.4 Å². The normalized spacial score (nSPS) is 12.2. The molecule has 0 aliphatic heterocycles. The van der Waals surface area contributed by atoms with Crippen molar-refractivity contribution < 1.29 is 27.0 Å². The highest BCUT2D eigenvalue weighted by Gasteiger charge is 2.31. The highest BCUT2D eigenvalue weighted by molar-refractivity contribution is 5.27. The van der Waals surface area contributed by atoms with E-state index in [-0.39, 0.29) is 5.56 Å². The Hall–Kier alpha value is -1.14. The van der Waals surface area contributed by atoms with E-state index in [1.54, 1.807) is 0 Å². The summed E-state index contributed by atoms with van der Waals surface area (Å²) in [4.78, 5) is 0. The summed E-state index contributed by atoms with van der Waals surface area (Å²) in [6.45, 7) is 0. The van der Waals surface area contributed by atoms with Crippen LogP contribution in [0.2, 0.25) is 0 Å². The molecule has 0 saturated carbocycles. The van der Waals surface area contributed by atoms with Crippen LogP contribution in [0.4, 0.5) is 17.6 Å². The predicted molar refractivity (Wildman–Crippen MR) is 48.2 cm³/mol. The fourth-order valence-electron chi connectivity index (χ4n) is 1.24. The number of halogens is 4. The van der Waals surface area contributed by atoms with Gasteiger partial charge in [0.05, 0.1) is 5.56 Å². The number of hydrogen-bond acceptors (Lipinski definition) is 2. The molecule has 0 amide bonds. The van der Waals surface area contributed by atoms with Gasteiger partial charge in [0.25, 0.3) is 0 Å². The molecule has 90 valence electrons. The fourth-order valence-corrected chi connectivity index (χ4v) is 1.24. The van der Waals surface area contributed by atoms with E-state index in [1.807, 2.05) is 0 Å². The van der Waals surface area contributed by atoms with Gasteiger partial charge in [0.15, 0.2) is 6.29 Å². The lowest BCUT2D eigenvalue weighted by Crippen LogP contribution is -2.10. The number of rotatable bonds is 3. The molecule has 0 aromatic heterocycles. The van der Waals surface area contributed by atoms with Crippen molar-refractivity contribution in [3.8, 4) is 0 Å². The molecule has 0 spiro atoms. The summed E-state index contributed by atoms with van der Waals surface area (Å²) in [5, 5.41) is 0. The Kier molecular flexibility index (Phi) is 3.88. The quantitative estimate of drug-likeness (QED) is 0.595. The van der Waals surface area contributed by atoms with Crippen molar-refractivity contribution in [2.24, 2.45) is 0 Å². The van der Waals surface area contributed by atoms with Gasteiger partial charge in [-0.05, 0) is 12.1 Å². The molecule has 0 radical (unpaired) electrons. The first-order valence-corrected chi connectivity index (χ1v) is 4.32. The molecule has 2 nitrogen and oxygen atoms in total. The maximum Gasteiger partial charge on any atom is 0.416 e. The molecule has 0 aliphatic rings. The summed E-state index contributed by atoms with van der Waals surface area (Å²) < 4.78 is 59.5. The highest BCUT2D eigenvalue weighted by Crippen LogP contribution is 2.31. The molecule has 0 unspecified atom stereocenters. The third-order valence-electron chi connectivity index (χ3n) is 2.01. The zero-order valence-electron chi connectivity index (χ0n) is 8.64. The lowest BCUT2D eigenvalue weighted by atomic mass is 10.1. The number of hydrogen-bond donors (Lipinski definition) is 0. The van der Waals surface area contributed by atoms with Gasteiger partial charge in [0.2, 0.25) is 0 Å². The molecule has 16 heavy (non-hydrogen) atoms. The van der Waals surface area contributed by atoms with Gasteiger partial charge in [-0.2, -0.15) is 13.2 Å². The molecule has 0 aliphatic carbocycles. The smallest absolute Gasteiger partial charge is 0.352 e. The van der Waals surface area contributed by atoms with Crippen molar-refractivity contribution in [1.29, 1.82) is 0 Å². The number of methoxy groups -OCH3 is 2. The van der Waals surface area contributed by atoms with Crippen molar-refractivity contribution >= 4 is 0 Å². The minimum absolute atomic E-state index is 0.0713. The Morgan fingerprint density at radius 1 is 1.12 bits per heavy atom. The summed E-state index contributed by atoms with van der Waals surface area (Å²) in [5.41, 5.74) is -1.11. The first-order chi connectivity index (χ1) is 7.40. The minimum Gasteiger partial charge on any atom is -0.352 e. The largest absolute Gasteiger partial charge is 0.416 e. The minimum atomic E-state index is -4.56. The Morgan fingerprint density at radius 2 is 1.69 bits per heavy atom. The summed E-state index contributed by atoms with van der Waals surface area (Å²) in [7, 11) is 2.54.